The number of halogens is 1. The maximum Gasteiger partial charge on any atom is 0.283 e. The Morgan fingerprint density at radius 3 is 2.62 bits per heavy atom. The van der Waals surface area contributed by atoms with E-state index < -0.39 is 15.7 Å². The number of rotatable bonds is 3. The molecule has 9 nitrogen and oxygen atoms in total. The van der Waals surface area contributed by atoms with Gasteiger partial charge in [-0.05, 0) is 61.5 Å². The first-order valence-corrected chi connectivity index (χ1v) is 12.3. The largest absolute Gasteiger partial charge is 0.495 e. The zero-order valence-corrected chi connectivity index (χ0v) is 19.9. The molecule has 2 aliphatic heterocycles. The van der Waals surface area contributed by atoms with Crippen LogP contribution in [0.15, 0.2) is 39.9 Å². The molecule has 1 aromatic heterocycles. The lowest BCUT2D eigenvalue weighted by atomic mass is 10.1. The predicted octanol–water partition coefficient (Wildman–Crippen LogP) is 3.38. The monoisotopic (exact) mass is 491 g/mol. The lowest BCUT2D eigenvalue weighted by Crippen LogP contribution is -2.35. The molecule has 12 heteroatoms. The Balaban J connectivity index is 1.79. The number of thioether (sulfide) groups is 1. The molecule has 2 aromatic rings. The van der Waals surface area contributed by atoms with E-state index >= 15 is 0 Å². The van der Waals surface area contributed by atoms with Crippen molar-refractivity contribution in [1.82, 2.24) is 9.58 Å². The number of sulfone groups is 1. The van der Waals surface area contributed by atoms with Gasteiger partial charge >= 0.3 is 0 Å². The second-order valence-electron chi connectivity index (χ2n) is 7.14. The summed E-state index contributed by atoms with van der Waals surface area (Å²) in [6, 6.07) is 7.16. The lowest BCUT2D eigenvalue weighted by Gasteiger charge is -2.20. The normalized spacial score (nSPS) is 17.5. The minimum absolute atomic E-state index is 0.00570. The summed E-state index contributed by atoms with van der Waals surface area (Å²) in [5, 5.41) is 14.0. The second-order valence-corrected chi connectivity index (χ2v) is 10.7. The van der Waals surface area contributed by atoms with Gasteiger partial charge in [-0.1, -0.05) is 11.6 Å². The van der Waals surface area contributed by atoms with Crippen LogP contribution in [0.25, 0.3) is 11.8 Å². The first-order chi connectivity index (χ1) is 15.0. The van der Waals surface area contributed by atoms with E-state index in [0.717, 1.165) is 40.1 Å². The van der Waals surface area contributed by atoms with Crippen molar-refractivity contribution in [3.05, 3.63) is 51.8 Å². The number of fused-ring (bicyclic) bond motifs is 1. The molecule has 4 rings (SSSR count). The van der Waals surface area contributed by atoms with Gasteiger partial charge in [-0.15, -0.1) is 5.10 Å². The summed E-state index contributed by atoms with van der Waals surface area (Å²) in [6.07, 6.45) is 2.57. The smallest absolute Gasteiger partial charge is 0.283 e. The molecular formula is C20H18ClN5O4S2. The molecule has 0 bridgehead atoms. The van der Waals surface area contributed by atoms with Crippen LogP contribution in [0, 0.1) is 19.3 Å². The molecule has 0 atom stereocenters. The van der Waals surface area contributed by atoms with E-state index in [0.29, 0.717) is 16.3 Å². The number of methoxy groups -OCH3 is 1. The Morgan fingerprint density at radius 2 is 1.97 bits per heavy atom. The summed E-state index contributed by atoms with van der Waals surface area (Å²) in [5.74, 6) is -0.247. The molecular weight excluding hydrogens is 474 g/mol. The van der Waals surface area contributed by atoms with Gasteiger partial charge in [0.2, 0.25) is 19.4 Å². The molecule has 0 radical (unpaired) electrons. The van der Waals surface area contributed by atoms with Crippen LogP contribution in [0.2, 0.25) is 5.02 Å². The molecule has 1 aromatic carbocycles. The first kappa shape index (κ1) is 22.3. The Bertz CT molecular complexity index is 1390. The Kier molecular flexibility index (Phi) is 5.51. The Hall–Kier alpha value is -2.89. The third kappa shape index (κ3) is 3.76. The number of aliphatic imine (C=N–C) groups is 1. The fourth-order valence-electron chi connectivity index (χ4n) is 3.42. The van der Waals surface area contributed by atoms with Crippen LogP contribution in [0.4, 0.5) is 0 Å². The predicted molar refractivity (Wildman–Crippen MR) is 127 cm³/mol. The minimum Gasteiger partial charge on any atom is -0.495 e. The van der Waals surface area contributed by atoms with E-state index in [-0.39, 0.29) is 21.0 Å². The average Bonchev–Trinajstić information content (AvgIpc) is 3.26. The van der Waals surface area contributed by atoms with E-state index in [2.05, 4.69) is 10.1 Å². The van der Waals surface area contributed by atoms with Crippen LogP contribution in [-0.4, -0.2) is 52.6 Å². The van der Waals surface area contributed by atoms with Crippen LogP contribution in [-0.2, 0) is 14.6 Å². The van der Waals surface area contributed by atoms with E-state index in [1.807, 2.05) is 24.5 Å². The molecule has 0 spiro atoms. The van der Waals surface area contributed by atoms with E-state index in [9.17, 15) is 13.2 Å². The van der Waals surface area contributed by atoms with Crippen LogP contribution in [0.1, 0.15) is 17.0 Å². The third-order valence-corrected chi connectivity index (χ3v) is 7.72. The molecule has 32 heavy (non-hydrogen) atoms. The van der Waals surface area contributed by atoms with Gasteiger partial charge in [0.05, 0.1) is 18.4 Å². The highest BCUT2D eigenvalue weighted by atomic mass is 35.5. The van der Waals surface area contributed by atoms with Crippen molar-refractivity contribution < 1.29 is 17.9 Å². The number of hydrogen-bond donors (Lipinski definition) is 1. The van der Waals surface area contributed by atoms with Crippen molar-refractivity contribution in [1.29, 1.82) is 5.41 Å². The molecule has 0 saturated carbocycles. The van der Waals surface area contributed by atoms with Crippen molar-refractivity contribution in [2.24, 2.45) is 10.1 Å². The molecule has 1 amide bonds. The number of nitrogens with zero attached hydrogens (tertiary/aromatic N) is 4. The van der Waals surface area contributed by atoms with Gasteiger partial charge in [-0.3, -0.25) is 10.2 Å². The van der Waals surface area contributed by atoms with Gasteiger partial charge < -0.3 is 9.30 Å². The average molecular weight is 492 g/mol. The number of hydrogen-bond acceptors (Lipinski definition) is 7. The summed E-state index contributed by atoms with van der Waals surface area (Å²) < 4.78 is 30.8. The number of hydrazone groups is 1. The van der Waals surface area contributed by atoms with Crippen LogP contribution in [0.5, 0.6) is 5.75 Å². The first-order valence-electron chi connectivity index (χ1n) is 9.24. The highest BCUT2D eigenvalue weighted by Gasteiger charge is 2.38. The SMILES string of the molecule is COc1ccc(Cl)cc1-n1c(C)cc(/C=C2\C(=N)N3N=C(S(C)(=O)=O)SC3=NC2=O)c1C. The van der Waals surface area contributed by atoms with E-state index in [1.165, 1.54) is 0 Å². The number of aryl methyl sites for hydroxylation is 1. The highest BCUT2D eigenvalue weighted by molar-refractivity contribution is 8.42. The molecule has 2 aliphatic rings. The van der Waals surface area contributed by atoms with Gasteiger partial charge in [-0.2, -0.15) is 10.0 Å². The quantitative estimate of drug-likeness (QED) is 0.658. The minimum atomic E-state index is -3.59. The topological polar surface area (TPSA) is 117 Å². The van der Waals surface area contributed by atoms with Crippen molar-refractivity contribution >= 4 is 60.6 Å². The van der Waals surface area contributed by atoms with Crippen LogP contribution in [0.3, 0.4) is 0 Å². The zero-order valence-electron chi connectivity index (χ0n) is 17.5. The van der Waals surface area contributed by atoms with E-state index in [4.69, 9.17) is 21.7 Å². The van der Waals surface area contributed by atoms with Crippen LogP contribution >= 0.6 is 23.4 Å². The van der Waals surface area contributed by atoms with Crippen molar-refractivity contribution in [2.75, 3.05) is 13.4 Å². The maximum absolute atomic E-state index is 12.6. The second kappa shape index (κ2) is 7.91. The molecule has 0 aliphatic carbocycles. The number of nitrogens with one attached hydrogen (secondary N) is 1. The van der Waals surface area contributed by atoms with Gasteiger partial charge in [-0.25, -0.2) is 8.42 Å². The summed E-state index contributed by atoms with van der Waals surface area (Å²) in [5.41, 5.74) is 3.09. The molecule has 1 N–H and O–H groups in total. The number of carbonyl (C=O) groups excluding carboxylic acids is 1. The summed E-state index contributed by atoms with van der Waals surface area (Å²) in [4.78, 5) is 16.6. The Morgan fingerprint density at radius 1 is 1.25 bits per heavy atom. The van der Waals surface area contributed by atoms with Gasteiger partial charge in [0, 0.05) is 22.7 Å². The number of amidine groups is 2. The fourth-order valence-corrected chi connectivity index (χ4v) is 5.27. The third-order valence-electron chi connectivity index (χ3n) is 4.91. The number of carbonyl (C=O) groups is 1. The molecule has 0 saturated heterocycles. The maximum atomic E-state index is 12.6. The lowest BCUT2D eigenvalue weighted by molar-refractivity contribution is -0.114. The number of aromatic nitrogens is 1. The van der Waals surface area contributed by atoms with Gasteiger partial charge in [0.1, 0.15) is 5.75 Å². The standard InChI is InChI=1S/C20H18ClN5O4S2/c1-10-7-12(11(2)25(10)15-9-13(21)5-6-16(15)30-3)8-14-17(22)26-19(23-18(14)27)31-20(24-26)32(4,28)29/h5-9,22H,1-4H3/b14-8+,22-17?. The van der Waals surface area contributed by atoms with Crippen molar-refractivity contribution in [2.45, 2.75) is 13.8 Å². The summed E-state index contributed by atoms with van der Waals surface area (Å²) in [6.45, 7) is 3.77. The number of benzene rings is 1. The summed E-state index contributed by atoms with van der Waals surface area (Å²) >= 11 is 6.94. The summed E-state index contributed by atoms with van der Waals surface area (Å²) in [7, 11) is -2.02. The van der Waals surface area contributed by atoms with E-state index in [1.54, 1.807) is 31.4 Å². The highest BCUT2D eigenvalue weighted by Crippen LogP contribution is 2.33. The van der Waals surface area contributed by atoms with Crippen LogP contribution < -0.4 is 4.74 Å². The van der Waals surface area contributed by atoms with Crippen molar-refractivity contribution in [3.63, 3.8) is 0 Å². The molecule has 3 heterocycles. The molecule has 0 fully saturated rings. The zero-order chi connectivity index (χ0) is 23.4. The van der Waals surface area contributed by atoms with Crippen molar-refractivity contribution in [3.8, 4) is 11.4 Å². The van der Waals surface area contributed by atoms with Gasteiger partial charge in [0.15, 0.2) is 5.84 Å². The molecule has 0 unspecified atom stereocenters. The molecule has 166 valence electrons. The number of amides is 1. The number of ether oxygens (including phenoxy) is 1. The van der Waals surface area contributed by atoms with Gasteiger partial charge in [0.25, 0.3) is 5.91 Å². The Labute approximate surface area is 193 Å². The fraction of sp³-hybridized carbons (Fsp3) is 0.200.